The first-order valence-electron chi connectivity index (χ1n) is 6.93. The number of carboxylic acids is 1. The summed E-state index contributed by atoms with van der Waals surface area (Å²) in [5.41, 5.74) is 1.48. The standard InChI is InChI=1S/C16H18N2O3S/c1-4-16(3,15(20)21)18-14(19)12-5-6-13(17-10(12)2)11-7-8-22-9-11/h5-9H,4H2,1-3H3,(H,18,19)(H,20,21). The third-order valence-corrected chi connectivity index (χ3v) is 4.40. The van der Waals surface area contributed by atoms with Crippen LogP contribution in [0.5, 0.6) is 0 Å². The molecule has 1 amide bonds. The van der Waals surface area contributed by atoms with Gasteiger partial charge in [-0.2, -0.15) is 11.3 Å². The highest BCUT2D eigenvalue weighted by atomic mass is 32.1. The normalized spacial score (nSPS) is 13.4. The van der Waals surface area contributed by atoms with E-state index in [1.54, 1.807) is 37.3 Å². The van der Waals surface area contributed by atoms with E-state index in [9.17, 15) is 14.7 Å². The highest BCUT2D eigenvalue weighted by molar-refractivity contribution is 7.08. The Morgan fingerprint density at radius 1 is 1.36 bits per heavy atom. The number of aliphatic carboxylic acids is 1. The molecule has 2 rings (SSSR count). The van der Waals surface area contributed by atoms with E-state index in [2.05, 4.69) is 10.3 Å². The van der Waals surface area contributed by atoms with Crippen LogP contribution < -0.4 is 5.32 Å². The van der Waals surface area contributed by atoms with E-state index in [4.69, 9.17) is 0 Å². The number of hydrogen-bond acceptors (Lipinski definition) is 4. The molecule has 2 heterocycles. The third-order valence-electron chi connectivity index (χ3n) is 3.72. The predicted molar refractivity (Wildman–Crippen MR) is 86.1 cm³/mol. The van der Waals surface area contributed by atoms with Crippen molar-refractivity contribution >= 4 is 23.2 Å². The van der Waals surface area contributed by atoms with Crippen LogP contribution >= 0.6 is 11.3 Å². The largest absolute Gasteiger partial charge is 0.480 e. The van der Waals surface area contributed by atoms with Crippen LogP contribution in [0.25, 0.3) is 11.3 Å². The van der Waals surface area contributed by atoms with Crippen LogP contribution in [-0.2, 0) is 4.79 Å². The second kappa shape index (κ2) is 6.27. The maximum Gasteiger partial charge on any atom is 0.329 e. The summed E-state index contributed by atoms with van der Waals surface area (Å²) in [6.45, 7) is 4.96. The summed E-state index contributed by atoms with van der Waals surface area (Å²) in [7, 11) is 0. The van der Waals surface area contributed by atoms with Gasteiger partial charge in [-0.1, -0.05) is 6.92 Å². The van der Waals surface area contributed by atoms with Gasteiger partial charge in [-0.15, -0.1) is 0 Å². The monoisotopic (exact) mass is 318 g/mol. The summed E-state index contributed by atoms with van der Waals surface area (Å²) < 4.78 is 0. The molecule has 0 saturated heterocycles. The lowest BCUT2D eigenvalue weighted by atomic mass is 9.98. The number of thiophene rings is 1. The SMILES string of the molecule is CCC(C)(NC(=O)c1ccc(-c2ccsc2)nc1C)C(=O)O. The van der Waals surface area contributed by atoms with Crippen molar-refractivity contribution in [1.29, 1.82) is 0 Å². The Balaban J connectivity index is 2.26. The minimum Gasteiger partial charge on any atom is -0.480 e. The first-order chi connectivity index (χ1) is 10.4. The number of hydrogen-bond donors (Lipinski definition) is 2. The van der Waals surface area contributed by atoms with E-state index < -0.39 is 17.4 Å². The number of nitrogens with one attached hydrogen (secondary N) is 1. The van der Waals surface area contributed by atoms with Crippen molar-refractivity contribution in [2.24, 2.45) is 0 Å². The minimum atomic E-state index is -1.28. The van der Waals surface area contributed by atoms with Gasteiger partial charge in [0.1, 0.15) is 5.54 Å². The zero-order valence-electron chi connectivity index (χ0n) is 12.7. The average molecular weight is 318 g/mol. The van der Waals surface area contributed by atoms with Gasteiger partial charge in [0.2, 0.25) is 0 Å². The molecule has 2 aromatic heterocycles. The maximum absolute atomic E-state index is 12.3. The Bertz CT molecular complexity index is 697. The number of nitrogens with zero attached hydrogens (tertiary/aromatic N) is 1. The molecular weight excluding hydrogens is 300 g/mol. The molecule has 0 aliphatic rings. The molecule has 1 atom stereocenters. The predicted octanol–water partition coefficient (Wildman–Crippen LogP) is 3.10. The number of amides is 1. The van der Waals surface area contributed by atoms with Crippen molar-refractivity contribution < 1.29 is 14.7 Å². The van der Waals surface area contributed by atoms with Crippen molar-refractivity contribution in [3.63, 3.8) is 0 Å². The molecule has 116 valence electrons. The van der Waals surface area contributed by atoms with Gasteiger partial charge < -0.3 is 10.4 Å². The second-order valence-corrected chi connectivity index (χ2v) is 6.07. The zero-order valence-corrected chi connectivity index (χ0v) is 13.5. The lowest BCUT2D eigenvalue weighted by molar-refractivity contribution is -0.143. The third kappa shape index (κ3) is 3.17. The molecule has 6 heteroatoms. The number of pyridine rings is 1. The Morgan fingerprint density at radius 2 is 2.09 bits per heavy atom. The first-order valence-corrected chi connectivity index (χ1v) is 7.88. The van der Waals surface area contributed by atoms with Gasteiger partial charge in [-0.25, -0.2) is 4.79 Å². The van der Waals surface area contributed by atoms with E-state index in [1.165, 1.54) is 6.92 Å². The summed E-state index contributed by atoms with van der Waals surface area (Å²) in [5.74, 6) is -1.47. The number of aromatic nitrogens is 1. The van der Waals surface area contributed by atoms with E-state index in [-0.39, 0.29) is 0 Å². The number of rotatable bonds is 5. The number of aryl methyl sites for hydroxylation is 1. The molecule has 0 radical (unpaired) electrons. The first kappa shape index (κ1) is 16.2. The van der Waals surface area contributed by atoms with Gasteiger partial charge in [0.25, 0.3) is 5.91 Å². The average Bonchev–Trinajstić information content (AvgIpc) is 3.00. The summed E-state index contributed by atoms with van der Waals surface area (Å²) in [5, 5.41) is 15.8. The molecule has 0 bridgehead atoms. The smallest absolute Gasteiger partial charge is 0.329 e. The second-order valence-electron chi connectivity index (χ2n) is 5.29. The lowest BCUT2D eigenvalue weighted by Crippen LogP contribution is -2.51. The van der Waals surface area contributed by atoms with Crippen LogP contribution in [0, 0.1) is 6.92 Å². The van der Waals surface area contributed by atoms with Crippen molar-refractivity contribution in [3.05, 3.63) is 40.2 Å². The van der Waals surface area contributed by atoms with Crippen LogP contribution in [0.1, 0.15) is 36.3 Å². The molecule has 0 saturated carbocycles. The fourth-order valence-corrected chi connectivity index (χ4v) is 2.63. The molecule has 0 fully saturated rings. The Morgan fingerprint density at radius 3 is 2.59 bits per heavy atom. The topological polar surface area (TPSA) is 79.3 Å². The maximum atomic E-state index is 12.3. The number of carbonyl (C=O) groups is 2. The number of carboxylic acid groups (broad SMARTS) is 1. The molecule has 2 aromatic rings. The van der Waals surface area contributed by atoms with E-state index in [0.29, 0.717) is 17.7 Å². The molecule has 22 heavy (non-hydrogen) atoms. The van der Waals surface area contributed by atoms with Crippen molar-refractivity contribution in [2.45, 2.75) is 32.7 Å². The highest BCUT2D eigenvalue weighted by Crippen LogP contribution is 2.22. The summed E-state index contributed by atoms with van der Waals surface area (Å²) in [6.07, 6.45) is 0.299. The van der Waals surface area contributed by atoms with Crippen molar-refractivity contribution in [1.82, 2.24) is 10.3 Å². The zero-order chi connectivity index (χ0) is 16.3. The molecule has 1 unspecified atom stereocenters. The van der Waals surface area contributed by atoms with Crippen molar-refractivity contribution in [3.8, 4) is 11.3 Å². The van der Waals surface area contributed by atoms with E-state index >= 15 is 0 Å². The minimum absolute atomic E-state index is 0.299. The van der Waals surface area contributed by atoms with Crippen molar-refractivity contribution in [2.75, 3.05) is 0 Å². The quantitative estimate of drug-likeness (QED) is 0.888. The van der Waals surface area contributed by atoms with Gasteiger partial charge in [0.15, 0.2) is 0 Å². The molecule has 5 nitrogen and oxygen atoms in total. The Hall–Kier alpha value is -2.21. The van der Waals surface area contributed by atoms with Gasteiger partial charge in [-0.05, 0) is 43.8 Å². The van der Waals surface area contributed by atoms with Gasteiger partial charge in [-0.3, -0.25) is 9.78 Å². The van der Waals surface area contributed by atoms with Gasteiger partial charge in [0.05, 0.1) is 17.0 Å². The van der Waals surface area contributed by atoms with Crippen LogP contribution in [0.4, 0.5) is 0 Å². The molecule has 0 aliphatic heterocycles. The molecule has 0 spiro atoms. The van der Waals surface area contributed by atoms with Gasteiger partial charge in [0, 0.05) is 10.9 Å². The molecular formula is C16H18N2O3S. The Labute approximate surface area is 133 Å². The molecule has 0 aromatic carbocycles. The molecule has 2 N–H and O–H groups in total. The number of carbonyl (C=O) groups excluding carboxylic acids is 1. The summed E-state index contributed by atoms with van der Waals surface area (Å²) in [6, 6.07) is 5.42. The van der Waals surface area contributed by atoms with E-state index in [1.807, 2.05) is 16.8 Å². The fraction of sp³-hybridized carbons (Fsp3) is 0.312. The fourth-order valence-electron chi connectivity index (χ4n) is 1.98. The van der Waals surface area contributed by atoms with Crippen LogP contribution in [0.15, 0.2) is 29.0 Å². The Kier molecular flexibility index (Phi) is 4.61. The summed E-state index contributed by atoms with van der Waals surface area (Å²) in [4.78, 5) is 28.1. The highest BCUT2D eigenvalue weighted by Gasteiger charge is 2.33. The van der Waals surface area contributed by atoms with E-state index in [0.717, 1.165) is 11.3 Å². The molecule has 0 aliphatic carbocycles. The van der Waals surface area contributed by atoms with Crippen LogP contribution in [0.3, 0.4) is 0 Å². The van der Waals surface area contributed by atoms with Crippen LogP contribution in [0.2, 0.25) is 0 Å². The van der Waals surface area contributed by atoms with Crippen LogP contribution in [-0.4, -0.2) is 27.5 Å². The van der Waals surface area contributed by atoms with Gasteiger partial charge >= 0.3 is 5.97 Å². The lowest BCUT2D eigenvalue weighted by Gasteiger charge is -2.24. The summed E-state index contributed by atoms with van der Waals surface area (Å²) >= 11 is 1.58.